The molecule has 0 aliphatic carbocycles. The van der Waals surface area contributed by atoms with Gasteiger partial charge in [0, 0.05) is 37.3 Å². The quantitative estimate of drug-likeness (QED) is 0.215. The van der Waals surface area contributed by atoms with E-state index in [4.69, 9.17) is 4.74 Å². The van der Waals surface area contributed by atoms with Gasteiger partial charge < -0.3 is 25.2 Å². The Morgan fingerprint density at radius 2 is 1.17 bits per heavy atom. The molecule has 7 heteroatoms. The van der Waals surface area contributed by atoms with Crippen molar-refractivity contribution in [3.8, 4) is 0 Å². The molecule has 0 radical (unpaired) electrons. The molecule has 2 atom stereocenters. The van der Waals surface area contributed by atoms with Gasteiger partial charge in [-0.2, -0.15) is 0 Å². The Morgan fingerprint density at radius 1 is 0.707 bits per heavy atom. The minimum absolute atomic E-state index is 0.0717. The highest BCUT2D eigenvalue weighted by Gasteiger charge is 2.37. The average Bonchev–Trinajstić information content (AvgIpc) is 2.73. The van der Waals surface area contributed by atoms with Crippen LogP contribution in [0.5, 0.6) is 0 Å². The van der Waals surface area contributed by atoms with Crippen LogP contribution in [-0.4, -0.2) is 83.7 Å². The second kappa shape index (κ2) is 15.0. The molecule has 2 fully saturated rings. The van der Waals surface area contributed by atoms with Crippen LogP contribution in [0.25, 0.3) is 0 Å². The molecule has 2 unspecified atom stereocenters. The molecule has 240 valence electrons. The fraction of sp³-hybridized carbons (Fsp3) is 0.941. The molecule has 7 nitrogen and oxygen atoms in total. The molecule has 41 heavy (non-hydrogen) atoms. The molecule has 2 saturated heterocycles. The fourth-order valence-electron chi connectivity index (χ4n) is 5.63. The first-order valence-electron chi connectivity index (χ1n) is 16.5. The lowest BCUT2D eigenvalue weighted by Crippen LogP contribution is -2.61. The Hall–Kier alpha value is -1.18. The SMILES string of the molecule is CC(C)(C)CCCCC(NC(C)(C)C)C(=O)N1CC(OCC(C)(C)CCCCC(NC(C)(C)C)C(=O)N2CCC2)C1. The van der Waals surface area contributed by atoms with Crippen molar-refractivity contribution in [3.63, 3.8) is 0 Å². The van der Waals surface area contributed by atoms with Crippen molar-refractivity contribution in [2.24, 2.45) is 10.8 Å². The normalized spacial score (nSPS) is 18.6. The van der Waals surface area contributed by atoms with E-state index in [1.54, 1.807) is 0 Å². The lowest BCUT2D eigenvalue weighted by atomic mass is 9.87. The van der Waals surface area contributed by atoms with Crippen LogP contribution in [0.4, 0.5) is 0 Å². The summed E-state index contributed by atoms with van der Waals surface area (Å²) in [5.74, 6) is 0.490. The van der Waals surface area contributed by atoms with E-state index in [0.29, 0.717) is 25.1 Å². The number of ether oxygens (including phenoxy) is 1. The summed E-state index contributed by atoms with van der Waals surface area (Å²) >= 11 is 0. The molecule has 2 rings (SSSR count). The van der Waals surface area contributed by atoms with Crippen molar-refractivity contribution in [2.75, 3.05) is 32.8 Å². The number of hydrogen-bond acceptors (Lipinski definition) is 5. The fourth-order valence-corrected chi connectivity index (χ4v) is 5.63. The molecule has 2 N–H and O–H groups in total. The minimum Gasteiger partial charge on any atom is -0.374 e. The average molecular weight is 579 g/mol. The first-order valence-corrected chi connectivity index (χ1v) is 16.5. The smallest absolute Gasteiger partial charge is 0.239 e. The number of hydrogen-bond donors (Lipinski definition) is 2. The summed E-state index contributed by atoms with van der Waals surface area (Å²) in [6, 6.07) is -0.222. The zero-order valence-corrected chi connectivity index (χ0v) is 28.8. The number of carbonyl (C=O) groups excluding carboxylic acids is 2. The summed E-state index contributed by atoms with van der Waals surface area (Å²) in [4.78, 5) is 30.2. The van der Waals surface area contributed by atoms with Gasteiger partial charge in [0.2, 0.25) is 11.8 Å². The van der Waals surface area contributed by atoms with Gasteiger partial charge in [-0.3, -0.25) is 9.59 Å². The predicted molar refractivity (Wildman–Crippen MR) is 171 cm³/mol. The zero-order chi connectivity index (χ0) is 31.1. The monoisotopic (exact) mass is 579 g/mol. The molecule has 2 aliphatic rings. The summed E-state index contributed by atoms with van der Waals surface area (Å²) in [7, 11) is 0. The maximum Gasteiger partial charge on any atom is 0.239 e. The standard InChI is InChI=1S/C34H66N4O3/c1-31(2,3)19-14-12-17-28(36-33(7,8)9)30(40)38-23-26(24-38)41-25-34(10,11)20-15-13-18-27(35-32(4,5)6)29(39)37-21-16-22-37/h26-28,35-36H,12-25H2,1-11H3. The summed E-state index contributed by atoms with van der Waals surface area (Å²) in [5.41, 5.74) is 0.235. The van der Waals surface area contributed by atoms with Gasteiger partial charge >= 0.3 is 0 Å². The van der Waals surface area contributed by atoms with Crippen LogP contribution in [0, 0.1) is 10.8 Å². The second-order valence-corrected chi connectivity index (χ2v) is 17.0. The molecular weight excluding hydrogens is 512 g/mol. The molecule has 0 aromatic rings. The van der Waals surface area contributed by atoms with Crippen LogP contribution in [0.3, 0.4) is 0 Å². The van der Waals surface area contributed by atoms with Crippen molar-refractivity contribution in [2.45, 2.75) is 163 Å². The molecule has 0 aromatic heterocycles. The topological polar surface area (TPSA) is 73.9 Å². The number of likely N-dealkylation sites (tertiary alicyclic amines) is 2. The maximum absolute atomic E-state index is 13.3. The summed E-state index contributed by atoms with van der Waals surface area (Å²) in [6.45, 7) is 28.1. The van der Waals surface area contributed by atoms with Crippen molar-refractivity contribution < 1.29 is 14.3 Å². The Kier molecular flexibility index (Phi) is 13.2. The van der Waals surface area contributed by atoms with E-state index in [1.807, 2.05) is 9.80 Å². The molecule has 0 aromatic carbocycles. The second-order valence-electron chi connectivity index (χ2n) is 17.0. The van der Waals surface area contributed by atoms with E-state index in [1.165, 1.54) is 6.42 Å². The van der Waals surface area contributed by atoms with E-state index in [2.05, 4.69) is 86.8 Å². The van der Waals surface area contributed by atoms with Gasteiger partial charge in [0.05, 0.1) is 24.8 Å². The first-order chi connectivity index (χ1) is 18.7. The molecule has 2 aliphatic heterocycles. The maximum atomic E-state index is 13.3. The molecule has 2 heterocycles. The largest absolute Gasteiger partial charge is 0.374 e. The van der Waals surface area contributed by atoms with Crippen molar-refractivity contribution >= 4 is 11.8 Å². The van der Waals surface area contributed by atoms with Crippen LogP contribution >= 0.6 is 0 Å². The van der Waals surface area contributed by atoms with Gasteiger partial charge in [0.15, 0.2) is 0 Å². The number of amides is 2. The van der Waals surface area contributed by atoms with Crippen LogP contribution in [0.15, 0.2) is 0 Å². The Balaban J connectivity index is 1.72. The Morgan fingerprint density at radius 3 is 1.59 bits per heavy atom. The molecule has 0 bridgehead atoms. The molecule has 0 saturated carbocycles. The Bertz CT molecular complexity index is 811. The van der Waals surface area contributed by atoms with Crippen LogP contribution < -0.4 is 10.6 Å². The van der Waals surface area contributed by atoms with Gasteiger partial charge in [-0.05, 0) is 84.5 Å². The lowest BCUT2D eigenvalue weighted by Gasteiger charge is -2.43. The van der Waals surface area contributed by atoms with E-state index >= 15 is 0 Å². The molecule has 2 amide bonds. The lowest BCUT2D eigenvalue weighted by molar-refractivity contribution is -0.150. The number of unbranched alkanes of at least 4 members (excludes halogenated alkanes) is 2. The highest BCUT2D eigenvalue weighted by molar-refractivity contribution is 5.83. The minimum atomic E-state index is -0.128. The highest BCUT2D eigenvalue weighted by atomic mass is 16.5. The number of rotatable bonds is 16. The van der Waals surface area contributed by atoms with Gasteiger partial charge in [-0.1, -0.05) is 60.3 Å². The third kappa shape index (κ3) is 14.2. The van der Waals surface area contributed by atoms with Crippen LogP contribution in [0.2, 0.25) is 0 Å². The van der Waals surface area contributed by atoms with Crippen molar-refractivity contribution in [1.82, 2.24) is 20.4 Å². The number of nitrogens with zero attached hydrogens (tertiary/aromatic N) is 2. The third-order valence-corrected chi connectivity index (χ3v) is 8.11. The van der Waals surface area contributed by atoms with Crippen LogP contribution in [-0.2, 0) is 14.3 Å². The predicted octanol–water partition coefficient (Wildman–Crippen LogP) is 6.15. The third-order valence-electron chi connectivity index (χ3n) is 8.11. The number of carbonyl (C=O) groups is 2. The zero-order valence-electron chi connectivity index (χ0n) is 28.8. The molecular formula is C34H66N4O3. The van der Waals surface area contributed by atoms with Gasteiger partial charge in [-0.25, -0.2) is 0 Å². The first kappa shape index (κ1) is 36.0. The van der Waals surface area contributed by atoms with Crippen molar-refractivity contribution in [1.29, 1.82) is 0 Å². The van der Waals surface area contributed by atoms with E-state index in [0.717, 1.165) is 64.5 Å². The van der Waals surface area contributed by atoms with Gasteiger partial charge in [0.25, 0.3) is 0 Å². The summed E-state index contributed by atoms with van der Waals surface area (Å²) in [5, 5.41) is 7.14. The number of nitrogens with one attached hydrogen (secondary N) is 2. The summed E-state index contributed by atoms with van der Waals surface area (Å²) < 4.78 is 6.29. The van der Waals surface area contributed by atoms with Gasteiger partial charge in [0.1, 0.15) is 0 Å². The summed E-state index contributed by atoms with van der Waals surface area (Å²) in [6.07, 6.45) is 9.60. The van der Waals surface area contributed by atoms with E-state index in [9.17, 15) is 9.59 Å². The van der Waals surface area contributed by atoms with Crippen molar-refractivity contribution in [3.05, 3.63) is 0 Å². The van der Waals surface area contributed by atoms with Gasteiger partial charge in [-0.15, -0.1) is 0 Å². The van der Waals surface area contributed by atoms with Crippen LogP contribution in [0.1, 0.15) is 134 Å². The Labute approximate surface area is 253 Å². The molecule has 0 spiro atoms. The van der Waals surface area contributed by atoms with E-state index in [-0.39, 0.29) is 46.5 Å². The highest BCUT2D eigenvalue weighted by Crippen LogP contribution is 2.28. The van der Waals surface area contributed by atoms with E-state index < -0.39 is 0 Å².